The molecule has 128 valence electrons. The zero-order valence-corrected chi connectivity index (χ0v) is 14.4. The Hall–Kier alpha value is -2.76. The zero-order chi connectivity index (χ0) is 17.9. The SMILES string of the molecule is [N-]=[N+]=NCCC(=O)N[C@@H](Cc1ccccc1)C(=O)Sc1ccccc1. The van der Waals surface area contributed by atoms with Crippen LogP contribution in [0.5, 0.6) is 0 Å². The summed E-state index contributed by atoms with van der Waals surface area (Å²) in [5.41, 5.74) is 9.24. The number of carbonyl (C=O) groups excluding carboxylic acids is 2. The van der Waals surface area contributed by atoms with Crippen LogP contribution in [-0.2, 0) is 16.0 Å². The maximum atomic E-state index is 12.6. The van der Waals surface area contributed by atoms with Crippen LogP contribution in [0.3, 0.4) is 0 Å². The first-order valence-electron chi connectivity index (χ1n) is 7.80. The molecule has 0 aliphatic heterocycles. The van der Waals surface area contributed by atoms with Crippen molar-refractivity contribution in [3.8, 4) is 0 Å². The van der Waals surface area contributed by atoms with Crippen LogP contribution >= 0.6 is 11.8 Å². The molecule has 1 amide bonds. The Morgan fingerprint density at radius 2 is 1.72 bits per heavy atom. The molecule has 0 aliphatic rings. The van der Waals surface area contributed by atoms with E-state index in [2.05, 4.69) is 15.3 Å². The van der Waals surface area contributed by atoms with Crippen LogP contribution < -0.4 is 5.32 Å². The smallest absolute Gasteiger partial charge is 0.220 e. The third-order valence-corrected chi connectivity index (χ3v) is 4.36. The Morgan fingerprint density at radius 1 is 1.08 bits per heavy atom. The fourth-order valence-corrected chi connectivity index (χ4v) is 2.99. The van der Waals surface area contributed by atoms with Gasteiger partial charge in [0, 0.05) is 29.2 Å². The monoisotopic (exact) mass is 354 g/mol. The molecule has 25 heavy (non-hydrogen) atoms. The Labute approximate surface area is 150 Å². The number of carbonyl (C=O) groups is 2. The molecular weight excluding hydrogens is 336 g/mol. The number of hydrogen-bond donors (Lipinski definition) is 1. The second kappa shape index (κ2) is 10.2. The van der Waals surface area contributed by atoms with Crippen molar-refractivity contribution >= 4 is 22.8 Å². The van der Waals surface area contributed by atoms with Gasteiger partial charge < -0.3 is 5.32 Å². The van der Waals surface area contributed by atoms with Gasteiger partial charge in [-0.2, -0.15) is 0 Å². The van der Waals surface area contributed by atoms with Crippen LogP contribution in [0, 0.1) is 0 Å². The number of hydrogen-bond acceptors (Lipinski definition) is 4. The van der Waals surface area contributed by atoms with E-state index in [1.165, 1.54) is 0 Å². The van der Waals surface area contributed by atoms with E-state index in [9.17, 15) is 9.59 Å². The number of nitrogens with zero attached hydrogens (tertiary/aromatic N) is 3. The molecule has 0 unspecified atom stereocenters. The van der Waals surface area contributed by atoms with Crippen molar-refractivity contribution in [1.29, 1.82) is 0 Å². The Balaban J connectivity index is 2.06. The first kappa shape index (κ1) is 18.6. The molecule has 0 fully saturated rings. The second-order valence-corrected chi connectivity index (χ2v) is 6.33. The van der Waals surface area contributed by atoms with Crippen molar-refractivity contribution in [2.24, 2.45) is 5.11 Å². The lowest BCUT2D eigenvalue weighted by Gasteiger charge is -2.17. The van der Waals surface area contributed by atoms with Gasteiger partial charge in [0.15, 0.2) is 0 Å². The van der Waals surface area contributed by atoms with Gasteiger partial charge in [-0.25, -0.2) is 0 Å². The highest BCUT2D eigenvalue weighted by Crippen LogP contribution is 2.21. The molecule has 0 saturated carbocycles. The van der Waals surface area contributed by atoms with E-state index in [1.54, 1.807) is 0 Å². The highest BCUT2D eigenvalue weighted by Gasteiger charge is 2.22. The predicted molar refractivity (Wildman–Crippen MR) is 98.0 cm³/mol. The summed E-state index contributed by atoms with van der Waals surface area (Å²) in [6.45, 7) is 0.0699. The summed E-state index contributed by atoms with van der Waals surface area (Å²) in [5, 5.41) is 5.96. The third kappa shape index (κ3) is 6.71. The largest absolute Gasteiger partial charge is 0.345 e. The summed E-state index contributed by atoms with van der Waals surface area (Å²) >= 11 is 1.11. The third-order valence-electron chi connectivity index (χ3n) is 3.37. The Kier molecular flexibility index (Phi) is 7.56. The van der Waals surface area contributed by atoms with E-state index in [1.807, 2.05) is 60.7 Å². The first-order valence-corrected chi connectivity index (χ1v) is 8.61. The van der Waals surface area contributed by atoms with Gasteiger partial charge in [-0.05, 0) is 35.0 Å². The van der Waals surface area contributed by atoms with Gasteiger partial charge in [-0.15, -0.1) is 0 Å². The summed E-state index contributed by atoms with van der Waals surface area (Å²) in [4.78, 5) is 28.1. The molecule has 2 rings (SSSR count). The normalized spacial score (nSPS) is 11.2. The molecule has 0 spiro atoms. The van der Waals surface area contributed by atoms with Gasteiger partial charge in [0.2, 0.25) is 11.0 Å². The molecule has 0 aliphatic carbocycles. The number of thioether (sulfide) groups is 1. The van der Waals surface area contributed by atoms with E-state index < -0.39 is 6.04 Å². The van der Waals surface area contributed by atoms with Crippen LogP contribution in [0.15, 0.2) is 70.7 Å². The topological polar surface area (TPSA) is 94.9 Å². The highest BCUT2D eigenvalue weighted by molar-refractivity contribution is 8.13. The van der Waals surface area contributed by atoms with E-state index in [0.717, 1.165) is 22.2 Å². The van der Waals surface area contributed by atoms with E-state index in [-0.39, 0.29) is 24.0 Å². The van der Waals surface area contributed by atoms with E-state index >= 15 is 0 Å². The molecule has 6 nitrogen and oxygen atoms in total. The van der Waals surface area contributed by atoms with Gasteiger partial charge in [0.25, 0.3) is 0 Å². The fraction of sp³-hybridized carbons (Fsp3) is 0.222. The van der Waals surface area contributed by atoms with Gasteiger partial charge in [-0.1, -0.05) is 53.6 Å². The van der Waals surface area contributed by atoms with Crippen molar-refractivity contribution in [3.63, 3.8) is 0 Å². The number of nitrogens with one attached hydrogen (secondary N) is 1. The Morgan fingerprint density at radius 3 is 2.36 bits per heavy atom. The first-order chi connectivity index (χ1) is 12.2. The molecule has 2 aromatic carbocycles. The lowest BCUT2D eigenvalue weighted by Crippen LogP contribution is -2.41. The molecule has 1 atom stereocenters. The van der Waals surface area contributed by atoms with Crippen molar-refractivity contribution in [2.45, 2.75) is 23.8 Å². The molecule has 0 saturated heterocycles. The standard InChI is InChI=1S/C18H18N4O2S/c19-22-20-12-11-17(23)21-16(13-14-7-3-1-4-8-14)18(24)25-15-9-5-2-6-10-15/h1-10,16H,11-13H2,(H,21,23)/t16-/m0/s1. The van der Waals surface area contributed by atoms with Crippen molar-refractivity contribution in [1.82, 2.24) is 5.32 Å². The summed E-state index contributed by atoms with van der Waals surface area (Å²) < 4.78 is 0. The van der Waals surface area contributed by atoms with Crippen LogP contribution in [0.1, 0.15) is 12.0 Å². The average molecular weight is 354 g/mol. The van der Waals surface area contributed by atoms with Gasteiger partial charge in [0.1, 0.15) is 6.04 Å². The minimum Gasteiger partial charge on any atom is -0.345 e. The maximum absolute atomic E-state index is 12.6. The summed E-state index contributed by atoms with van der Waals surface area (Å²) in [5.74, 6) is -0.310. The van der Waals surface area contributed by atoms with Crippen LogP contribution in [-0.4, -0.2) is 23.6 Å². The lowest BCUT2D eigenvalue weighted by molar-refractivity contribution is -0.124. The number of benzene rings is 2. The van der Waals surface area contributed by atoms with E-state index in [0.29, 0.717) is 6.42 Å². The van der Waals surface area contributed by atoms with Crippen LogP contribution in [0.2, 0.25) is 0 Å². The molecule has 0 radical (unpaired) electrons. The molecule has 7 heteroatoms. The predicted octanol–water partition coefficient (Wildman–Crippen LogP) is 3.73. The molecular formula is C18H18N4O2S. The van der Waals surface area contributed by atoms with Crippen LogP contribution in [0.4, 0.5) is 0 Å². The summed E-state index contributed by atoms with van der Waals surface area (Å²) in [6, 6.07) is 18.2. The summed E-state index contributed by atoms with van der Waals surface area (Å²) in [6.07, 6.45) is 0.464. The number of amides is 1. The number of azide groups is 1. The number of rotatable bonds is 8. The molecule has 2 aromatic rings. The van der Waals surface area contributed by atoms with Gasteiger partial charge in [0.05, 0.1) is 0 Å². The zero-order valence-electron chi connectivity index (χ0n) is 13.5. The summed E-state index contributed by atoms with van der Waals surface area (Å²) in [7, 11) is 0. The van der Waals surface area contributed by atoms with Crippen molar-refractivity contribution in [2.75, 3.05) is 6.54 Å². The molecule has 0 heterocycles. The Bertz CT molecular complexity index is 746. The second-order valence-electron chi connectivity index (χ2n) is 5.25. The van der Waals surface area contributed by atoms with E-state index in [4.69, 9.17) is 5.53 Å². The average Bonchev–Trinajstić information content (AvgIpc) is 2.63. The fourth-order valence-electron chi connectivity index (χ4n) is 2.18. The minimum absolute atomic E-state index is 0.0542. The van der Waals surface area contributed by atoms with Gasteiger partial charge in [-0.3, -0.25) is 9.59 Å². The maximum Gasteiger partial charge on any atom is 0.220 e. The van der Waals surface area contributed by atoms with Crippen molar-refractivity contribution in [3.05, 3.63) is 76.7 Å². The highest BCUT2D eigenvalue weighted by atomic mass is 32.2. The quantitative estimate of drug-likeness (QED) is 0.338. The molecule has 0 aromatic heterocycles. The van der Waals surface area contributed by atoms with Crippen LogP contribution in [0.25, 0.3) is 10.4 Å². The van der Waals surface area contributed by atoms with Crippen molar-refractivity contribution < 1.29 is 9.59 Å². The lowest BCUT2D eigenvalue weighted by atomic mass is 10.1. The van der Waals surface area contributed by atoms with Gasteiger partial charge >= 0.3 is 0 Å². The minimum atomic E-state index is -0.647. The molecule has 0 bridgehead atoms. The molecule has 1 N–H and O–H groups in total.